The van der Waals surface area contributed by atoms with Gasteiger partial charge in [-0.3, -0.25) is 23.9 Å². The van der Waals surface area contributed by atoms with E-state index in [2.05, 4.69) is 10.3 Å². The molecule has 0 aliphatic carbocycles. The maximum Gasteiger partial charge on any atom is 0.294 e. The van der Waals surface area contributed by atoms with Crippen molar-refractivity contribution in [1.29, 1.82) is 0 Å². The van der Waals surface area contributed by atoms with E-state index < -0.39 is 17.3 Å². The molecule has 0 bridgehead atoms. The van der Waals surface area contributed by atoms with E-state index >= 15 is 0 Å². The van der Waals surface area contributed by atoms with E-state index in [1.165, 1.54) is 28.5 Å². The molecule has 1 aromatic heterocycles. The van der Waals surface area contributed by atoms with Gasteiger partial charge in [0, 0.05) is 12.6 Å². The Morgan fingerprint density at radius 3 is 2.29 bits per heavy atom. The van der Waals surface area contributed by atoms with Gasteiger partial charge in [0.2, 0.25) is 17.6 Å². The highest BCUT2D eigenvalue weighted by Crippen LogP contribution is 2.18. The molecule has 35 heavy (non-hydrogen) atoms. The van der Waals surface area contributed by atoms with Crippen LogP contribution in [-0.4, -0.2) is 21.4 Å². The van der Waals surface area contributed by atoms with E-state index in [4.69, 9.17) is 0 Å². The summed E-state index contributed by atoms with van der Waals surface area (Å²) < 4.78 is 14.6. The lowest BCUT2D eigenvalue weighted by Gasteiger charge is -2.21. The fourth-order valence-electron chi connectivity index (χ4n) is 3.79. The second kappa shape index (κ2) is 10.3. The highest BCUT2D eigenvalue weighted by atomic mass is 19.1. The number of hydrogen-bond acceptors (Lipinski definition) is 4. The van der Waals surface area contributed by atoms with Crippen molar-refractivity contribution in [3.8, 4) is 0 Å². The van der Waals surface area contributed by atoms with Gasteiger partial charge in [0.15, 0.2) is 0 Å². The van der Waals surface area contributed by atoms with Crippen LogP contribution in [0.4, 0.5) is 15.9 Å². The Labute approximate surface area is 201 Å². The second-order valence-electron chi connectivity index (χ2n) is 8.15. The molecule has 0 unspecified atom stereocenters. The summed E-state index contributed by atoms with van der Waals surface area (Å²) in [6.07, 6.45) is 0.889. The first-order valence-corrected chi connectivity index (χ1v) is 11.3. The molecule has 1 heterocycles. The van der Waals surface area contributed by atoms with Crippen LogP contribution in [0.3, 0.4) is 0 Å². The lowest BCUT2D eigenvalue weighted by molar-refractivity contribution is -0.117. The molecule has 4 rings (SSSR count). The zero-order chi connectivity index (χ0) is 24.9. The van der Waals surface area contributed by atoms with Gasteiger partial charge in [0.1, 0.15) is 12.4 Å². The van der Waals surface area contributed by atoms with Crippen LogP contribution in [0.15, 0.2) is 77.6 Å². The lowest BCUT2D eigenvalue weighted by atomic mass is 10.1. The van der Waals surface area contributed by atoms with Crippen molar-refractivity contribution < 1.29 is 14.0 Å². The molecule has 0 fully saturated rings. The van der Waals surface area contributed by atoms with Crippen molar-refractivity contribution in [2.75, 3.05) is 10.2 Å². The van der Waals surface area contributed by atoms with Crippen LogP contribution in [0.5, 0.6) is 0 Å². The molecule has 0 saturated heterocycles. The maximum atomic E-state index is 13.5. The van der Waals surface area contributed by atoms with Gasteiger partial charge < -0.3 is 5.32 Å². The van der Waals surface area contributed by atoms with Gasteiger partial charge in [-0.1, -0.05) is 43.3 Å². The summed E-state index contributed by atoms with van der Waals surface area (Å²) >= 11 is 0. The summed E-state index contributed by atoms with van der Waals surface area (Å²) in [6.45, 7) is 3.16. The number of hydrogen-bond donors (Lipinski definition) is 1. The number of aryl methyl sites for hydroxylation is 1. The Morgan fingerprint density at radius 2 is 1.63 bits per heavy atom. The molecule has 7 nitrogen and oxygen atoms in total. The van der Waals surface area contributed by atoms with Crippen LogP contribution in [-0.2, 0) is 29.1 Å². The first kappa shape index (κ1) is 23.8. The summed E-state index contributed by atoms with van der Waals surface area (Å²) in [4.78, 5) is 44.6. The van der Waals surface area contributed by atoms with Gasteiger partial charge in [-0.25, -0.2) is 9.37 Å². The van der Waals surface area contributed by atoms with Gasteiger partial charge in [-0.15, -0.1) is 0 Å². The molecular weight excluding hydrogens is 447 g/mol. The number of rotatable bonds is 7. The maximum absolute atomic E-state index is 13.5. The van der Waals surface area contributed by atoms with E-state index in [1.54, 1.807) is 36.4 Å². The van der Waals surface area contributed by atoms with Crippen LogP contribution >= 0.6 is 0 Å². The number of nitrogens with one attached hydrogen (secondary N) is 1. The van der Waals surface area contributed by atoms with Crippen LogP contribution < -0.4 is 15.8 Å². The number of carbonyl (C=O) groups is 2. The standard InChI is InChI=1S/C27H25FN4O3/c1-3-19-10-14-22(15-11-19)29-25(34)17-32-24-7-5-4-6-23(24)30-26(27(32)35)31(18(2)33)16-20-8-12-21(28)13-9-20/h4-15H,3,16-17H2,1-2H3,(H,29,34). The number of aromatic nitrogens is 2. The zero-order valence-electron chi connectivity index (χ0n) is 19.5. The number of para-hydroxylation sites is 2. The number of nitrogens with zero attached hydrogens (tertiary/aromatic N) is 3. The van der Waals surface area contributed by atoms with Crippen molar-refractivity contribution >= 4 is 34.4 Å². The SMILES string of the molecule is CCc1ccc(NC(=O)Cn2c(=O)c(N(Cc3ccc(F)cc3)C(C)=O)nc3ccccc32)cc1. The Kier molecular flexibility index (Phi) is 7.01. The van der Waals surface area contributed by atoms with E-state index in [1.807, 2.05) is 31.2 Å². The molecule has 0 radical (unpaired) electrons. The highest BCUT2D eigenvalue weighted by Gasteiger charge is 2.22. The van der Waals surface area contributed by atoms with Gasteiger partial charge in [0.05, 0.1) is 17.6 Å². The minimum Gasteiger partial charge on any atom is -0.325 e. The van der Waals surface area contributed by atoms with E-state index in [9.17, 15) is 18.8 Å². The number of anilines is 2. The molecule has 0 spiro atoms. The van der Waals surface area contributed by atoms with Gasteiger partial charge in [-0.2, -0.15) is 0 Å². The normalized spacial score (nSPS) is 10.8. The molecule has 4 aromatic rings. The van der Waals surface area contributed by atoms with Crippen LogP contribution in [0, 0.1) is 5.82 Å². The van der Waals surface area contributed by atoms with Crippen LogP contribution in [0.1, 0.15) is 25.0 Å². The van der Waals surface area contributed by atoms with Crippen molar-refractivity contribution in [3.05, 3.63) is 100 Å². The summed E-state index contributed by atoms with van der Waals surface area (Å²) in [6, 6.07) is 20.1. The monoisotopic (exact) mass is 472 g/mol. The highest BCUT2D eigenvalue weighted by molar-refractivity contribution is 5.93. The Morgan fingerprint density at radius 1 is 0.971 bits per heavy atom. The first-order valence-electron chi connectivity index (χ1n) is 11.3. The number of fused-ring (bicyclic) bond motifs is 1. The topological polar surface area (TPSA) is 84.3 Å². The Hall–Kier alpha value is -4.33. The third-order valence-electron chi connectivity index (χ3n) is 5.67. The molecule has 0 atom stereocenters. The van der Waals surface area contributed by atoms with Crippen molar-refractivity contribution in [2.45, 2.75) is 33.4 Å². The Balaban J connectivity index is 1.70. The smallest absolute Gasteiger partial charge is 0.294 e. The average molecular weight is 473 g/mol. The number of amides is 2. The third kappa shape index (κ3) is 5.43. The minimum atomic E-state index is -0.572. The van der Waals surface area contributed by atoms with Crippen LogP contribution in [0.2, 0.25) is 0 Å². The quantitative estimate of drug-likeness (QED) is 0.435. The van der Waals surface area contributed by atoms with Crippen molar-refractivity contribution in [2.24, 2.45) is 0 Å². The fraction of sp³-hybridized carbons (Fsp3) is 0.185. The number of halogens is 1. The average Bonchev–Trinajstić information content (AvgIpc) is 2.85. The summed E-state index contributed by atoms with van der Waals surface area (Å²) in [5.74, 6) is -1.28. The summed E-state index contributed by atoms with van der Waals surface area (Å²) in [7, 11) is 0. The minimum absolute atomic E-state index is 0.0339. The Bertz CT molecular complexity index is 1430. The predicted molar refractivity (Wildman–Crippen MR) is 134 cm³/mol. The molecular formula is C27H25FN4O3. The first-order chi connectivity index (χ1) is 16.9. The van der Waals surface area contributed by atoms with Gasteiger partial charge in [0.25, 0.3) is 5.56 Å². The molecule has 0 aliphatic heterocycles. The third-order valence-corrected chi connectivity index (χ3v) is 5.67. The molecule has 3 aromatic carbocycles. The molecule has 178 valence electrons. The zero-order valence-corrected chi connectivity index (χ0v) is 19.5. The van der Waals surface area contributed by atoms with Crippen molar-refractivity contribution in [3.63, 3.8) is 0 Å². The molecule has 0 aliphatic rings. The van der Waals surface area contributed by atoms with Gasteiger partial charge >= 0.3 is 0 Å². The predicted octanol–water partition coefficient (Wildman–Crippen LogP) is 4.29. The summed E-state index contributed by atoms with van der Waals surface area (Å²) in [5, 5.41) is 2.82. The second-order valence-corrected chi connectivity index (χ2v) is 8.15. The van der Waals surface area contributed by atoms with E-state index in [0.29, 0.717) is 22.3 Å². The van der Waals surface area contributed by atoms with E-state index in [0.717, 1.165) is 12.0 Å². The van der Waals surface area contributed by atoms with Crippen LogP contribution in [0.25, 0.3) is 11.0 Å². The largest absolute Gasteiger partial charge is 0.325 e. The van der Waals surface area contributed by atoms with E-state index in [-0.39, 0.29) is 24.8 Å². The lowest BCUT2D eigenvalue weighted by Crippen LogP contribution is -2.38. The summed E-state index contributed by atoms with van der Waals surface area (Å²) in [5.41, 5.74) is 2.78. The molecule has 2 amide bonds. The van der Waals surface area contributed by atoms with Gasteiger partial charge in [-0.05, 0) is 53.9 Å². The molecule has 1 N–H and O–H groups in total. The molecule has 8 heteroatoms. The number of benzene rings is 3. The molecule has 0 saturated carbocycles. The number of carbonyl (C=O) groups excluding carboxylic acids is 2. The van der Waals surface area contributed by atoms with Crippen molar-refractivity contribution in [1.82, 2.24) is 9.55 Å². The fourth-order valence-corrected chi connectivity index (χ4v) is 3.79.